The van der Waals surface area contributed by atoms with E-state index < -0.39 is 0 Å². The molecule has 0 unspecified atom stereocenters. The van der Waals surface area contributed by atoms with E-state index in [1.165, 1.54) is 57.5 Å². The van der Waals surface area contributed by atoms with Crippen LogP contribution in [0.1, 0.15) is 0 Å². The predicted molar refractivity (Wildman–Crippen MR) is 213 cm³/mol. The van der Waals surface area contributed by atoms with Crippen LogP contribution in [0.15, 0.2) is 170 Å². The van der Waals surface area contributed by atoms with Gasteiger partial charge >= 0.3 is 0 Å². The Morgan fingerprint density at radius 2 is 1.14 bits per heavy atom. The molecule has 0 N–H and O–H groups in total. The van der Waals surface area contributed by atoms with Gasteiger partial charge in [-0.05, 0) is 69.8 Å². The zero-order valence-corrected chi connectivity index (χ0v) is 28.0. The van der Waals surface area contributed by atoms with Gasteiger partial charge in [0.25, 0.3) is 0 Å². The predicted octanol–water partition coefficient (Wildman–Crippen LogP) is 13.8. The van der Waals surface area contributed by atoms with Crippen LogP contribution in [0, 0.1) is 0 Å². The van der Waals surface area contributed by atoms with Gasteiger partial charge < -0.3 is 4.90 Å². The van der Waals surface area contributed by atoms with Crippen LogP contribution in [0.3, 0.4) is 0 Å². The number of nitrogens with zero attached hydrogens (tertiary/aromatic N) is 2. The molecule has 10 aromatic rings. The molecule has 10 rings (SSSR count). The SMILES string of the molecule is c1ccc(-c2nc3c(N(c4ccccc4)c4cccc(-c5cccc6sc7ccccc7c56)c4)cc4c5ccccc5ccc4c3s2)cc1. The molecule has 0 amide bonds. The lowest BCUT2D eigenvalue weighted by atomic mass is 9.98. The molecule has 0 aliphatic heterocycles. The van der Waals surface area contributed by atoms with Crippen molar-refractivity contribution in [2.24, 2.45) is 0 Å². The van der Waals surface area contributed by atoms with Gasteiger partial charge in [0, 0.05) is 42.5 Å². The lowest BCUT2D eigenvalue weighted by Gasteiger charge is -2.27. The van der Waals surface area contributed by atoms with E-state index in [4.69, 9.17) is 4.98 Å². The average molecular weight is 661 g/mol. The molecule has 0 saturated carbocycles. The fourth-order valence-electron chi connectivity index (χ4n) is 7.24. The molecule has 0 aliphatic carbocycles. The molecular weight excluding hydrogens is 633 g/mol. The summed E-state index contributed by atoms with van der Waals surface area (Å²) < 4.78 is 3.82. The molecule has 0 saturated heterocycles. The summed E-state index contributed by atoms with van der Waals surface area (Å²) in [5, 5.41) is 8.59. The van der Waals surface area contributed by atoms with Gasteiger partial charge in [0.05, 0.1) is 10.4 Å². The number of thiazole rings is 1. The summed E-state index contributed by atoms with van der Waals surface area (Å²) in [4.78, 5) is 7.81. The number of aromatic nitrogens is 1. The molecule has 2 nitrogen and oxygen atoms in total. The Morgan fingerprint density at radius 1 is 0.449 bits per heavy atom. The van der Waals surface area contributed by atoms with Crippen LogP contribution in [0.4, 0.5) is 17.1 Å². The number of fused-ring (bicyclic) bond motifs is 8. The third-order valence-electron chi connectivity index (χ3n) is 9.46. The first-order chi connectivity index (χ1) is 24.3. The Kier molecular flexibility index (Phi) is 6.57. The van der Waals surface area contributed by atoms with Crippen molar-refractivity contribution in [2.75, 3.05) is 4.90 Å². The topological polar surface area (TPSA) is 16.1 Å². The molecule has 0 fully saturated rings. The quantitative estimate of drug-likeness (QED) is 0.171. The molecule has 0 atom stereocenters. The minimum Gasteiger partial charge on any atom is -0.308 e. The van der Waals surface area contributed by atoms with Gasteiger partial charge in [-0.25, -0.2) is 4.98 Å². The molecule has 2 heterocycles. The number of para-hydroxylation sites is 1. The lowest BCUT2D eigenvalue weighted by molar-refractivity contribution is 1.29. The van der Waals surface area contributed by atoms with Crippen molar-refractivity contribution in [1.82, 2.24) is 4.98 Å². The van der Waals surface area contributed by atoms with Crippen LogP contribution >= 0.6 is 22.7 Å². The second-order valence-corrected chi connectivity index (χ2v) is 14.4. The van der Waals surface area contributed by atoms with Gasteiger partial charge in [-0.2, -0.15) is 0 Å². The first-order valence-electron chi connectivity index (χ1n) is 16.5. The third kappa shape index (κ3) is 4.64. The molecule has 4 heteroatoms. The molecule has 0 bridgehead atoms. The molecule has 8 aromatic carbocycles. The van der Waals surface area contributed by atoms with Crippen LogP contribution in [0.2, 0.25) is 0 Å². The van der Waals surface area contributed by atoms with Crippen LogP contribution in [0.5, 0.6) is 0 Å². The highest BCUT2D eigenvalue weighted by molar-refractivity contribution is 7.26. The third-order valence-corrected chi connectivity index (χ3v) is 11.7. The Morgan fingerprint density at radius 3 is 2.02 bits per heavy atom. The van der Waals surface area contributed by atoms with E-state index in [9.17, 15) is 0 Å². The van der Waals surface area contributed by atoms with Crippen LogP contribution in [-0.2, 0) is 0 Å². The lowest BCUT2D eigenvalue weighted by Crippen LogP contribution is -2.10. The van der Waals surface area contributed by atoms with Gasteiger partial charge in [0.1, 0.15) is 10.5 Å². The smallest absolute Gasteiger partial charge is 0.124 e. The van der Waals surface area contributed by atoms with Crippen LogP contribution in [0.25, 0.3) is 73.6 Å². The highest BCUT2D eigenvalue weighted by Gasteiger charge is 2.22. The summed E-state index contributed by atoms with van der Waals surface area (Å²) >= 11 is 3.64. The van der Waals surface area contributed by atoms with E-state index >= 15 is 0 Å². The summed E-state index contributed by atoms with van der Waals surface area (Å²) in [5.74, 6) is 0. The Labute approximate surface area is 291 Å². The number of hydrogen-bond donors (Lipinski definition) is 0. The standard InChI is InChI=1S/C45H28N2S2/c1-3-14-30(15-4-1)45-46-43-39(28-38-34-20-8-7-13-29(34)25-26-36(38)44(43)49-45)47(32-17-5-2-6-18-32)33-19-11-16-31(27-33)35-22-12-24-41-42(35)37-21-9-10-23-40(37)48-41/h1-28H. The average Bonchev–Trinajstić information content (AvgIpc) is 3.79. The fraction of sp³-hybridized carbons (Fsp3) is 0. The van der Waals surface area contributed by atoms with Crippen molar-refractivity contribution in [2.45, 2.75) is 0 Å². The maximum atomic E-state index is 5.41. The largest absolute Gasteiger partial charge is 0.308 e. The van der Waals surface area contributed by atoms with Crippen LogP contribution in [-0.4, -0.2) is 4.98 Å². The normalized spacial score (nSPS) is 11.7. The minimum absolute atomic E-state index is 1.01. The first-order valence-corrected chi connectivity index (χ1v) is 18.1. The van der Waals surface area contributed by atoms with Gasteiger partial charge in [-0.1, -0.05) is 127 Å². The minimum atomic E-state index is 1.01. The van der Waals surface area contributed by atoms with E-state index in [2.05, 4.69) is 175 Å². The Hall–Kier alpha value is -5.81. The number of benzene rings is 8. The monoisotopic (exact) mass is 660 g/mol. The maximum absolute atomic E-state index is 5.41. The molecule has 49 heavy (non-hydrogen) atoms. The molecule has 0 radical (unpaired) electrons. The van der Waals surface area contributed by atoms with Gasteiger partial charge in [-0.3, -0.25) is 0 Å². The Bertz CT molecular complexity index is 2830. The summed E-state index contributed by atoms with van der Waals surface area (Å²) in [5.41, 5.74) is 7.83. The second-order valence-electron chi connectivity index (χ2n) is 12.3. The summed E-state index contributed by atoms with van der Waals surface area (Å²) in [6.45, 7) is 0. The summed E-state index contributed by atoms with van der Waals surface area (Å²) in [6, 6.07) is 61.3. The van der Waals surface area contributed by atoms with E-state index in [0.29, 0.717) is 0 Å². The second kappa shape index (κ2) is 11.4. The van der Waals surface area contributed by atoms with Crippen molar-refractivity contribution < 1.29 is 0 Å². The fourth-order valence-corrected chi connectivity index (χ4v) is 9.49. The molecule has 0 spiro atoms. The zero-order valence-electron chi connectivity index (χ0n) is 26.4. The summed E-state index contributed by atoms with van der Waals surface area (Å²) in [7, 11) is 0. The highest BCUT2D eigenvalue weighted by Crippen LogP contribution is 2.47. The van der Waals surface area contributed by atoms with Crippen molar-refractivity contribution in [3.05, 3.63) is 170 Å². The molecular formula is C45H28N2S2. The van der Waals surface area contributed by atoms with Gasteiger partial charge in [0.2, 0.25) is 0 Å². The first kappa shape index (κ1) is 28.2. The van der Waals surface area contributed by atoms with E-state index in [0.717, 1.165) is 33.1 Å². The molecule has 0 aliphatic rings. The Balaban J connectivity index is 1.26. The van der Waals surface area contributed by atoms with Crippen molar-refractivity contribution in [1.29, 1.82) is 0 Å². The van der Waals surface area contributed by atoms with Crippen molar-refractivity contribution >= 4 is 91.7 Å². The zero-order chi connectivity index (χ0) is 32.3. The maximum Gasteiger partial charge on any atom is 0.124 e. The number of rotatable bonds is 5. The number of thiophene rings is 1. The van der Waals surface area contributed by atoms with E-state index in [-0.39, 0.29) is 0 Å². The molecule has 230 valence electrons. The van der Waals surface area contributed by atoms with Gasteiger partial charge in [-0.15, -0.1) is 22.7 Å². The van der Waals surface area contributed by atoms with Gasteiger partial charge in [0.15, 0.2) is 0 Å². The highest BCUT2D eigenvalue weighted by atomic mass is 32.1. The van der Waals surface area contributed by atoms with Crippen molar-refractivity contribution in [3.8, 4) is 21.7 Å². The summed E-state index contributed by atoms with van der Waals surface area (Å²) in [6.07, 6.45) is 0. The molecule has 2 aromatic heterocycles. The van der Waals surface area contributed by atoms with E-state index in [1.54, 1.807) is 11.3 Å². The van der Waals surface area contributed by atoms with Crippen molar-refractivity contribution in [3.63, 3.8) is 0 Å². The van der Waals surface area contributed by atoms with Crippen LogP contribution < -0.4 is 4.90 Å². The number of anilines is 3. The van der Waals surface area contributed by atoms with E-state index in [1.807, 2.05) is 11.3 Å². The number of hydrogen-bond acceptors (Lipinski definition) is 4.